The number of nitrogens with one attached hydrogen (secondary N) is 1. The zero-order chi connectivity index (χ0) is 16.8. The van der Waals surface area contributed by atoms with Crippen molar-refractivity contribution in [1.82, 2.24) is 9.97 Å². The standard InChI is InChI=1S/C14H7Cl2F3N2OS/c15-8-4-9(20-12(8)16)13-21-10(5-23-13)7-3-6(14(17,18)19)1-2-11(7)22/h1-5,20,22H. The van der Waals surface area contributed by atoms with E-state index in [9.17, 15) is 18.3 Å². The summed E-state index contributed by atoms with van der Waals surface area (Å²) in [5.41, 5.74) is -0.0740. The average Bonchev–Trinajstić information content (AvgIpc) is 3.06. The van der Waals surface area contributed by atoms with Crippen LogP contribution in [-0.2, 0) is 6.18 Å². The monoisotopic (exact) mass is 378 g/mol. The van der Waals surface area contributed by atoms with Crippen LogP contribution in [0.15, 0.2) is 29.6 Å². The molecule has 0 radical (unpaired) electrons. The Balaban J connectivity index is 2.03. The number of aromatic nitrogens is 2. The van der Waals surface area contributed by atoms with Crippen LogP contribution in [0.1, 0.15) is 5.56 Å². The van der Waals surface area contributed by atoms with Gasteiger partial charge in [0.05, 0.1) is 22.0 Å². The minimum absolute atomic E-state index is 0.00562. The van der Waals surface area contributed by atoms with Crippen LogP contribution in [0.3, 0.4) is 0 Å². The molecule has 0 spiro atoms. The van der Waals surface area contributed by atoms with Gasteiger partial charge in [-0.2, -0.15) is 13.2 Å². The van der Waals surface area contributed by atoms with Gasteiger partial charge in [-0.15, -0.1) is 11.3 Å². The summed E-state index contributed by atoms with van der Waals surface area (Å²) < 4.78 is 38.4. The first-order valence-electron chi connectivity index (χ1n) is 6.16. The van der Waals surface area contributed by atoms with Crippen LogP contribution in [0, 0.1) is 0 Å². The molecule has 0 amide bonds. The van der Waals surface area contributed by atoms with Crippen LogP contribution in [0.5, 0.6) is 5.75 Å². The van der Waals surface area contributed by atoms with Crippen LogP contribution in [0.2, 0.25) is 10.2 Å². The van der Waals surface area contributed by atoms with Crippen molar-refractivity contribution in [2.75, 3.05) is 0 Å². The molecule has 0 bridgehead atoms. The summed E-state index contributed by atoms with van der Waals surface area (Å²) >= 11 is 12.9. The van der Waals surface area contributed by atoms with Crippen molar-refractivity contribution in [2.24, 2.45) is 0 Å². The van der Waals surface area contributed by atoms with Crippen molar-refractivity contribution >= 4 is 34.5 Å². The van der Waals surface area contributed by atoms with Crippen molar-refractivity contribution in [2.45, 2.75) is 6.18 Å². The van der Waals surface area contributed by atoms with Gasteiger partial charge < -0.3 is 10.1 Å². The molecule has 9 heteroatoms. The molecule has 2 heterocycles. The molecule has 0 saturated heterocycles. The summed E-state index contributed by atoms with van der Waals surface area (Å²) in [7, 11) is 0. The Morgan fingerprint density at radius 1 is 1.17 bits per heavy atom. The van der Waals surface area contributed by atoms with Gasteiger partial charge >= 0.3 is 6.18 Å². The van der Waals surface area contributed by atoms with E-state index in [1.165, 1.54) is 11.3 Å². The van der Waals surface area contributed by atoms with Gasteiger partial charge in [-0.3, -0.25) is 0 Å². The van der Waals surface area contributed by atoms with Crippen molar-refractivity contribution in [3.8, 4) is 27.7 Å². The number of aromatic amines is 1. The molecule has 0 fully saturated rings. The summed E-state index contributed by atoms with van der Waals surface area (Å²) in [5, 5.41) is 12.4. The number of halogens is 5. The number of thiazole rings is 1. The number of hydrogen-bond donors (Lipinski definition) is 2. The normalized spacial score (nSPS) is 11.9. The number of hydrogen-bond acceptors (Lipinski definition) is 3. The number of rotatable bonds is 2. The first-order valence-corrected chi connectivity index (χ1v) is 7.80. The van der Waals surface area contributed by atoms with Gasteiger partial charge in [-0.05, 0) is 24.3 Å². The highest BCUT2D eigenvalue weighted by Crippen LogP contribution is 2.38. The molecule has 3 rings (SSSR count). The van der Waals surface area contributed by atoms with Crippen LogP contribution in [0.4, 0.5) is 13.2 Å². The molecule has 1 aromatic carbocycles. The van der Waals surface area contributed by atoms with Gasteiger partial charge in [0.25, 0.3) is 0 Å². The van der Waals surface area contributed by atoms with Crippen molar-refractivity contribution in [1.29, 1.82) is 0 Å². The van der Waals surface area contributed by atoms with E-state index >= 15 is 0 Å². The van der Waals surface area contributed by atoms with Crippen LogP contribution in [-0.4, -0.2) is 15.1 Å². The number of benzene rings is 1. The molecule has 0 saturated carbocycles. The van der Waals surface area contributed by atoms with Crippen LogP contribution < -0.4 is 0 Å². The Bertz CT molecular complexity index is 854. The van der Waals surface area contributed by atoms with E-state index in [4.69, 9.17) is 23.2 Å². The topological polar surface area (TPSA) is 48.9 Å². The molecule has 3 nitrogen and oxygen atoms in total. The molecule has 120 valence electrons. The number of H-pyrrole nitrogens is 1. The molecule has 2 aromatic heterocycles. The first-order chi connectivity index (χ1) is 10.8. The molecular weight excluding hydrogens is 372 g/mol. The van der Waals surface area contributed by atoms with E-state index < -0.39 is 11.7 Å². The second-order valence-electron chi connectivity index (χ2n) is 4.61. The van der Waals surface area contributed by atoms with Gasteiger partial charge in [0, 0.05) is 10.9 Å². The second-order valence-corrected chi connectivity index (χ2v) is 6.26. The highest BCUT2D eigenvalue weighted by molar-refractivity contribution is 7.13. The molecule has 0 unspecified atom stereocenters. The number of nitrogens with zero attached hydrogens (tertiary/aromatic N) is 1. The highest BCUT2D eigenvalue weighted by atomic mass is 35.5. The maximum Gasteiger partial charge on any atom is 0.416 e. The van der Waals surface area contributed by atoms with Gasteiger partial charge in [-0.25, -0.2) is 4.98 Å². The summed E-state index contributed by atoms with van der Waals surface area (Å²) in [5.74, 6) is -0.280. The third-order valence-electron chi connectivity index (χ3n) is 3.06. The van der Waals surface area contributed by atoms with E-state index in [0.29, 0.717) is 15.7 Å². The van der Waals surface area contributed by atoms with Gasteiger partial charge in [-0.1, -0.05) is 23.2 Å². The third kappa shape index (κ3) is 3.17. The molecule has 23 heavy (non-hydrogen) atoms. The van der Waals surface area contributed by atoms with E-state index in [1.54, 1.807) is 11.4 Å². The summed E-state index contributed by atoms with van der Waals surface area (Å²) in [6.45, 7) is 0. The van der Waals surface area contributed by atoms with E-state index in [0.717, 1.165) is 18.2 Å². The number of phenolic OH excluding ortho intramolecular Hbond substituents is 1. The molecule has 0 aliphatic carbocycles. The van der Waals surface area contributed by atoms with Gasteiger partial charge in [0.1, 0.15) is 15.9 Å². The summed E-state index contributed by atoms with van der Waals surface area (Å²) in [4.78, 5) is 7.05. The fourth-order valence-electron chi connectivity index (χ4n) is 1.96. The van der Waals surface area contributed by atoms with Crippen molar-refractivity contribution in [3.05, 3.63) is 45.4 Å². The predicted octanol–water partition coefficient (Wildman–Crippen LogP) is 5.84. The third-order valence-corrected chi connectivity index (χ3v) is 4.63. The molecule has 0 aliphatic rings. The molecule has 0 aliphatic heterocycles. The molecular formula is C14H7Cl2F3N2OS. The molecule has 3 aromatic rings. The zero-order valence-electron chi connectivity index (χ0n) is 11.1. The molecule has 0 atom stereocenters. The fraction of sp³-hybridized carbons (Fsp3) is 0.0714. The zero-order valence-corrected chi connectivity index (χ0v) is 13.4. The van der Waals surface area contributed by atoms with Gasteiger partial charge in [0.15, 0.2) is 0 Å². The number of aromatic hydroxyl groups is 1. The lowest BCUT2D eigenvalue weighted by molar-refractivity contribution is -0.137. The Labute approximate surface area is 142 Å². The van der Waals surface area contributed by atoms with Crippen LogP contribution >= 0.6 is 34.5 Å². The lowest BCUT2D eigenvalue weighted by Gasteiger charge is -2.09. The summed E-state index contributed by atoms with van der Waals surface area (Å²) in [6.07, 6.45) is -4.50. The fourth-order valence-corrected chi connectivity index (χ4v) is 3.06. The van der Waals surface area contributed by atoms with Crippen LogP contribution in [0.25, 0.3) is 22.0 Å². The minimum atomic E-state index is -4.50. The second kappa shape index (κ2) is 5.74. The SMILES string of the molecule is Oc1ccc(C(F)(F)F)cc1-c1csc(-c2cc(Cl)c(Cl)[nH]2)n1. The lowest BCUT2D eigenvalue weighted by atomic mass is 10.1. The largest absolute Gasteiger partial charge is 0.507 e. The average molecular weight is 379 g/mol. The first kappa shape index (κ1) is 16.2. The summed E-state index contributed by atoms with van der Waals surface area (Å²) in [6, 6.07) is 4.25. The Hall–Kier alpha value is -1.70. The Morgan fingerprint density at radius 2 is 1.91 bits per heavy atom. The van der Waals surface area contributed by atoms with Crippen molar-refractivity contribution in [3.63, 3.8) is 0 Å². The van der Waals surface area contributed by atoms with Gasteiger partial charge in [0.2, 0.25) is 0 Å². The Morgan fingerprint density at radius 3 is 2.52 bits per heavy atom. The predicted molar refractivity (Wildman–Crippen MR) is 84.0 cm³/mol. The smallest absolute Gasteiger partial charge is 0.416 e. The minimum Gasteiger partial charge on any atom is -0.507 e. The number of phenols is 1. The Kier molecular flexibility index (Phi) is 4.03. The quantitative estimate of drug-likeness (QED) is 0.588. The maximum atomic E-state index is 12.8. The maximum absolute atomic E-state index is 12.8. The number of alkyl halides is 3. The van der Waals surface area contributed by atoms with E-state index in [-0.39, 0.29) is 22.2 Å². The molecule has 2 N–H and O–H groups in total. The highest BCUT2D eigenvalue weighted by Gasteiger charge is 2.31. The van der Waals surface area contributed by atoms with E-state index in [2.05, 4.69) is 9.97 Å². The lowest BCUT2D eigenvalue weighted by Crippen LogP contribution is -2.04. The van der Waals surface area contributed by atoms with Crippen molar-refractivity contribution < 1.29 is 18.3 Å². The van der Waals surface area contributed by atoms with E-state index in [1.807, 2.05) is 0 Å².